The fraction of sp³-hybridized carbons (Fsp3) is 0.467. The van der Waals surface area contributed by atoms with E-state index in [1.54, 1.807) is 19.4 Å². The number of rotatable bonds is 6. The van der Waals surface area contributed by atoms with Crippen molar-refractivity contribution in [1.82, 2.24) is 19.8 Å². The Morgan fingerprint density at radius 3 is 2.61 bits per heavy atom. The lowest BCUT2D eigenvalue weighted by atomic mass is 9.91. The molecule has 0 unspecified atom stereocenters. The van der Waals surface area contributed by atoms with Crippen LogP contribution in [0.3, 0.4) is 0 Å². The SMILES string of the molecule is COc1ccc(F)cc1-c1ccnc2[nH]c(C3=CC[C@H](N4CCN(CC(=O)OC(C)(C)C)CC4)CC3)cc12. The second-order valence-electron chi connectivity index (χ2n) is 11.2. The van der Waals surface area contributed by atoms with Crippen molar-refractivity contribution >= 4 is 22.6 Å². The number of fused-ring (bicyclic) bond motifs is 1. The number of nitrogens with zero attached hydrogens (tertiary/aromatic N) is 3. The molecule has 1 aliphatic carbocycles. The number of carbonyl (C=O) groups excluding carboxylic acids is 1. The maximum absolute atomic E-state index is 14.1. The predicted octanol–water partition coefficient (Wildman–Crippen LogP) is 5.27. The van der Waals surface area contributed by atoms with Gasteiger partial charge in [-0.15, -0.1) is 0 Å². The molecule has 2 aromatic heterocycles. The fourth-order valence-corrected chi connectivity index (χ4v) is 5.57. The van der Waals surface area contributed by atoms with Gasteiger partial charge in [0, 0.05) is 55.1 Å². The second kappa shape index (κ2) is 10.9. The van der Waals surface area contributed by atoms with Crippen molar-refractivity contribution in [3.63, 3.8) is 0 Å². The number of piperazine rings is 1. The number of esters is 1. The Morgan fingerprint density at radius 2 is 1.92 bits per heavy atom. The van der Waals surface area contributed by atoms with Crippen LogP contribution in [-0.2, 0) is 9.53 Å². The van der Waals surface area contributed by atoms with E-state index >= 15 is 0 Å². The Kier molecular flexibility index (Phi) is 7.54. The number of allylic oxidation sites excluding steroid dienone is 1. The first-order chi connectivity index (χ1) is 18.2. The zero-order chi connectivity index (χ0) is 26.9. The molecule has 1 aromatic carbocycles. The molecule has 3 aromatic rings. The van der Waals surface area contributed by atoms with Crippen molar-refractivity contribution in [1.29, 1.82) is 0 Å². The summed E-state index contributed by atoms with van der Waals surface area (Å²) in [6.45, 7) is 9.76. The molecule has 0 amide bonds. The average Bonchev–Trinajstić information content (AvgIpc) is 3.33. The van der Waals surface area contributed by atoms with E-state index < -0.39 is 5.60 Å². The van der Waals surface area contributed by atoms with E-state index in [1.165, 1.54) is 17.7 Å². The number of aromatic amines is 1. The largest absolute Gasteiger partial charge is 0.496 e. The molecule has 0 radical (unpaired) electrons. The van der Waals surface area contributed by atoms with Crippen LogP contribution in [0, 0.1) is 5.82 Å². The van der Waals surface area contributed by atoms with Crippen LogP contribution in [0.1, 0.15) is 45.7 Å². The maximum Gasteiger partial charge on any atom is 0.320 e. The fourth-order valence-electron chi connectivity index (χ4n) is 5.57. The van der Waals surface area contributed by atoms with Gasteiger partial charge in [-0.2, -0.15) is 0 Å². The smallest absolute Gasteiger partial charge is 0.320 e. The molecule has 1 saturated heterocycles. The first-order valence-electron chi connectivity index (χ1n) is 13.4. The summed E-state index contributed by atoms with van der Waals surface area (Å²) in [7, 11) is 1.60. The lowest BCUT2D eigenvalue weighted by Crippen LogP contribution is -2.52. The van der Waals surface area contributed by atoms with E-state index in [9.17, 15) is 9.18 Å². The van der Waals surface area contributed by atoms with Crippen LogP contribution < -0.4 is 4.74 Å². The summed E-state index contributed by atoms with van der Waals surface area (Å²) in [4.78, 5) is 24.9. The van der Waals surface area contributed by atoms with Crippen LogP contribution in [0.5, 0.6) is 5.75 Å². The van der Waals surface area contributed by atoms with Gasteiger partial charge in [0.1, 0.15) is 22.8 Å². The molecule has 1 N–H and O–H groups in total. The topological polar surface area (TPSA) is 70.7 Å². The third-order valence-corrected chi connectivity index (χ3v) is 7.41. The van der Waals surface area contributed by atoms with Crippen LogP contribution >= 0.6 is 0 Å². The van der Waals surface area contributed by atoms with Gasteiger partial charge in [-0.25, -0.2) is 9.37 Å². The Hall–Kier alpha value is -3.23. The van der Waals surface area contributed by atoms with Gasteiger partial charge in [0.25, 0.3) is 0 Å². The summed E-state index contributed by atoms with van der Waals surface area (Å²) in [6, 6.07) is 9.13. The van der Waals surface area contributed by atoms with Gasteiger partial charge in [0.2, 0.25) is 0 Å². The molecule has 0 bridgehead atoms. The van der Waals surface area contributed by atoms with Crippen molar-refractivity contribution in [2.75, 3.05) is 39.8 Å². The predicted molar refractivity (Wildman–Crippen MR) is 148 cm³/mol. The number of ether oxygens (including phenoxy) is 2. The number of carbonyl (C=O) groups is 1. The summed E-state index contributed by atoms with van der Waals surface area (Å²) in [5.41, 5.74) is 4.31. The number of hydrogen-bond donors (Lipinski definition) is 1. The van der Waals surface area contributed by atoms with Crippen LogP contribution in [0.4, 0.5) is 4.39 Å². The summed E-state index contributed by atoms with van der Waals surface area (Å²) in [5, 5.41) is 0.954. The van der Waals surface area contributed by atoms with Crippen LogP contribution in [0.2, 0.25) is 0 Å². The minimum Gasteiger partial charge on any atom is -0.496 e. The third kappa shape index (κ3) is 5.92. The molecule has 0 saturated carbocycles. The van der Waals surface area contributed by atoms with E-state index in [4.69, 9.17) is 9.47 Å². The normalized spacial score (nSPS) is 19.4. The highest BCUT2D eigenvalue weighted by Crippen LogP contribution is 2.37. The molecule has 5 rings (SSSR count). The lowest BCUT2D eigenvalue weighted by Gasteiger charge is -2.40. The summed E-state index contributed by atoms with van der Waals surface area (Å²) >= 11 is 0. The number of pyridine rings is 1. The van der Waals surface area contributed by atoms with Crippen LogP contribution in [0.25, 0.3) is 27.7 Å². The van der Waals surface area contributed by atoms with E-state index in [0.717, 1.165) is 67.7 Å². The van der Waals surface area contributed by atoms with E-state index in [-0.39, 0.29) is 11.8 Å². The highest BCUT2D eigenvalue weighted by Gasteiger charge is 2.28. The quantitative estimate of drug-likeness (QED) is 0.447. The van der Waals surface area contributed by atoms with Gasteiger partial charge in [0.15, 0.2) is 0 Å². The Morgan fingerprint density at radius 1 is 1.13 bits per heavy atom. The Balaban J connectivity index is 1.24. The standard InChI is InChI=1S/C30H37FN4O3/c1-30(2,3)38-28(36)19-34-13-15-35(16-14-34)22-8-5-20(6-9-22)26-18-25-23(11-12-32-29(25)33-26)24-17-21(31)7-10-27(24)37-4/h5,7,10-12,17-18,22H,6,8-9,13-16,19H2,1-4H3,(H,32,33)/t22-/m0/s1. The second-order valence-corrected chi connectivity index (χ2v) is 11.2. The zero-order valence-corrected chi connectivity index (χ0v) is 22.7. The van der Waals surface area contributed by atoms with Gasteiger partial charge >= 0.3 is 5.97 Å². The minimum absolute atomic E-state index is 0.150. The van der Waals surface area contributed by atoms with Gasteiger partial charge in [0.05, 0.1) is 13.7 Å². The molecule has 202 valence electrons. The lowest BCUT2D eigenvalue weighted by molar-refractivity contribution is -0.156. The molecule has 7 nitrogen and oxygen atoms in total. The van der Waals surface area contributed by atoms with E-state index in [0.29, 0.717) is 23.9 Å². The molecule has 1 aliphatic heterocycles. The minimum atomic E-state index is -0.444. The molecule has 1 fully saturated rings. The molecular weight excluding hydrogens is 483 g/mol. The zero-order valence-electron chi connectivity index (χ0n) is 22.7. The number of halogens is 1. The van der Waals surface area contributed by atoms with Crippen LogP contribution in [0.15, 0.2) is 42.6 Å². The molecule has 3 heterocycles. The van der Waals surface area contributed by atoms with Crippen LogP contribution in [-0.4, -0.2) is 77.2 Å². The van der Waals surface area contributed by atoms with E-state index in [1.807, 2.05) is 26.8 Å². The third-order valence-electron chi connectivity index (χ3n) is 7.41. The first-order valence-corrected chi connectivity index (χ1v) is 13.4. The number of hydrogen-bond acceptors (Lipinski definition) is 6. The van der Waals surface area contributed by atoms with Gasteiger partial charge < -0.3 is 14.5 Å². The highest BCUT2D eigenvalue weighted by atomic mass is 19.1. The summed E-state index contributed by atoms with van der Waals surface area (Å²) < 4.78 is 25.1. The Labute approximate surface area is 223 Å². The molecule has 2 aliphatic rings. The van der Waals surface area contributed by atoms with Crippen molar-refractivity contribution < 1.29 is 18.7 Å². The van der Waals surface area contributed by atoms with Gasteiger partial charge in [-0.1, -0.05) is 6.08 Å². The molecule has 38 heavy (non-hydrogen) atoms. The number of nitrogens with one attached hydrogen (secondary N) is 1. The highest BCUT2D eigenvalue weighted by molar-refractivity contribution is 5.96. The number of H-pyrrole nitrogens is 1. The number of aromatic nitrogens is 2. The average molecular weight is 521 g/mol. The Bertz CT molecular complexity index is 1340. The van der Waals surface area contributed by atoms with Crippen molar-refractivity contribution in [3.8, 4) is 16.9 Å². The van der Waals surface area contributed by atoms with Crippen molar-refractivity contribution in [2.45, 2.75) is 51.7 Å². The summed E-state index contributed by atoms with van der Waals surface area (Å²) in [5.74, 6) is 0.184. The molecule has 1 atom stereocenters. The van der Waals surface area contributed by atoms with Crippen molar-refractivity contribution in [2.24, 2.45) is 0 Å². The molecule has 0 spiro atoms. The number of methoxy groups -OCH3 is 1. The summed E-state index contributed by atoms with van der Waals surface area (Å²) in [6.07, 6.45) is 7.15. The van der Waals surface area contributed by atoms with E-state index in [2.05, 4.69) is 31.9 Å². The van der Waals surface area contributed by atoms with Gasteiger partial charge in [-0.05, 0) is 81.5 Å². The number of benzene rings is 1. The molecular formula is C30H37FN4O3. The molecule has 8 heteroatoms. The first kappa shape index (κ1) is 26.4. The monoisotopic (exact) mass is 520 g/mol. The van der Waals surface area contributed by atoms with Gasteiger partial charge in [-0.3, -0.25) is 14.6 Å². The van der Waals surface area contributed by atoms with Crippen molar-refractivity contribution in [3.05, 3.63) is 54.1 Å². The maximum atomic E-state index is 14.1.